The molecule has 0 aromatic rings. The Kier molecular flexibility index (Phi) is 6.53. The molecule has 0 aromatic carbocycles. The van der Waals surface area contributed by atoms with Crippen LogP contribution in [0.25, 0.3) is 0 Å². The third-order valence-electron chi connectivity index (χ3n) is 2.33. The van der Waals surface area contributed by atoms with Gasteiger partial charge in [0, 0.05) is 5.92 Å². The van der Waals surface area contributed by atoms with Crippen LogP contribution in [0.5, 0.6) is 0 Å². The van der Waals surface area contributed by atoms with Crippen LogP contribution in [0.1, 0.15) is 19.8 Å². The quantitative estimate of drug-likeness (QED) is 0.393. The molecule has 0 heterocycles. The van der Waals surface area contributed by atoms with E-state index in [1.54, 1.807) is 6.08 Å². The van der Waals surface area contributed by atoms with E-state index in [2.05, 4.69) is 44.2 Å². The Balaban J connectivity index is 0.000000294. The molecule has 1 fully saturated rings. The van der Waals surface area contributed by atoms with Gasteiger partial charge in [-0.05, 0) is 31.3 Å². The third kappa shape index (κ3) is 3.24. The van der Waals surface area contributed by atoms with Crippen LogP contribution in [0.3, 0.4) is 0 Å². The van der Waals surface area contributed by atoms with Crippen molar-refractivity contribution in [3.8, 4) is 0 Å². The SMILES string of the molecule is C=C.C=C=C1CC2C=CC1C2.C=CC. The molecule has 2 aliphatic rings. The fraction of sp³-hybridized carbons (Fsp3) is 0.357. The third-order valence-corrected chi connectivity index (χ3v) is 2.33. The smallest absolute Gasteiger partial charge is 0.00585 e. The van der Waals surface area contributed by atoms with Gasteiger partial charge < -0.3 is 0 Å². The molecule has 0 radical (unpaired) electrons. The highest BCUT2D eigenvalue weighted by Gasteiger charge is 2.30. The second kappa shape index (κ2) is 7.17. The summed E-state index contributed by atoms with van der Waals surface area (Å²) in [7, 11) is 0. The summed E-state index contributed by atoms with van der Waals surface area (Å²) >= 11 is 0. The Morgan fingerprint density at radius 3 is 2.21 bits per heavy atom. The average molecular weight is 188 g/mol. The zero-order valence-electron chi connectivity index (χ0n) is 9.13. The van der Waals surface area contributed by atoms with Crippen molar-refractivity contribution >= 4 is 0 Å². The van der Waals surface area contributed by atoms with Crippen molar-refractivity contribution in [2.24, 2.45) is 11.8 Å². The lowest BCUT2D eigenvalue weighted by Gasteiger charge is -2.02. The van der Waals surface area contributed by atoms with Crippen molar-refractivity contribution in [1.82, 2.24) is 0 Å². The van der Waals surface area contributed by atoms with Crippen LogP contribution >= 0.6 is 0 Å². The molecule has 2 bridgehead atoms. The molecule has 0 N–H and O–H groups in total. The average Bonchev–Trinajstić information content (AvgIpc) is 2.83. The number of allylic oxidation sites excluding steroid dienone is 4. The second-order valence-electron chi connectivity index (χ2n) is 3.30. The maximum atomic E-state index is 3.67. The number of hydrogen-bond acceptors (Lipinski definition) is 0. The highest BCUT2D eigenvalue weighted by molar-refractivity contribution is 5.25. The number of fused-ring (bicyclic) bond motifs is 2. The van der Waals surface area contributed by atoms with Gasteiger partial charge in [-0.25, -0.2) is 0 Å². The van der Waals surface area contributed by atoms with Crippen LogP contribution in [0.15, 0.2) is 55.8 Å². The fourth-order valence-electron chi connectivity index (χ4n) is 1.82. The van der Waals surface area contributed by atoms with E-state index in [4.69, 9.17) is 0 Å². The minimum atomic E-state index is 0.715. The van der Waals surface area contributed by atoms with Gasteiger partial charge in [0.05, 0.1) is 0 Å². The standard InChI is InChI=1S/C9H10.C3H6.C2H4/c1-2-8-5-7-3-4-9(8)6-7;1-3-2;1-2/h3-4,7,9H,1,5-6H2;3H,1H2,2H3;1-2H2. The van der Waals surface area contributed by atoms with E-state index in [0.717, 1.165) is 5.92 Å². The zero-order valence-corrected chi connectivity index (χ0v) is 9.13. The van der Waals surface area contributed by atoms with Gasteiger partial charge in [-0.15, -0.1) is 25.5 Å². The summed E-state index contributed by atoms with van der Waals surface area (Å²) in [5, 5.41) is 0. The molecule has 0 aromatic heterocycles. The van der Waals surface area contributed by atoms with E-state index in [1.807, 2.05) is 6.92 Å². The minimum absolute atomic E-state index is 0.715. The molecule has 2 aliphatic carbocycles. The van der Waals surface area contributed by atoms with Crippen molar-refractivity contribution < 1.29 is 0 Å². The highest BCUT2D eigenvalue weighted by Crippen LogP contribution is 2.42. The van der Waals surface area contributed by atoms with Crippen molar-refractivity contribution in [3.05, 3.63) is 55.8 Å². The van der Waals surface area contributed by atoms with Crippen LogP contribution in [-0.2, 0) is 0 Å². The van der Waals surface area contributed by atoms with Gasteiger partial charge in [0.15, 0.2) is 0 Å². The predicted octanol–water partition coefficient (Wildman–Crippen LogP) is 4.29. The summed E-state index contributed by atoms with van der Waals surface area (Å²) in [6, 6.07) is 0. The Hall–Kier alpha value is -1.26. The van der Waals surface area contributed by atoms with Gasteiger partial charge in [-0.2, -0.15) is 0 Å². The van der Waals surface area contributed by atoms with E-state index in [9.17, 15) is 0 Å². The van der Waals surface area contributed by atoms with Crippen molar-refractivity contribution in [3.63, 3.8) is 0 Å². The first-order valence-electron chi connectivity index (χ1n) is 4.96. The van der Waals surface area contributed by atoms with Crippen molar-refractivity contribution in [1.29, 1.82) is 0 Å². The first kappa shape index (κ1) is 12.7. The van der Waals surface area contributed by atoms with Crippen LogP contribution in [0, 0.1) is 11.8 Å². The Morgan fingerprint density at radius 1 is 1.43 bits per heavy atom. The Morgan fingerprint density at radius 2 is 2.00 bits per heavy atom. The Labute approximate surface area is 88.0 Å². The molecule has 2 rings (SSSR count). The van der Waals surface area contributed by atoms with Crippen molar-refractivity contribution in [2.45, 2.75) is 19.8 Å². The zero-order chi connectivity index (χ0) is 11.0. The van der Waals surface area contributed by atoms with E-state index >= 15 is 0 Å². The lowest BCUT2D eigenvalue weighted by atomic mass is 10.0. The van der Waals surface area contributed by atoms with Gasteiger partial charge in [-0.3, -0.25) is 0 Å². The van der Waals surface area contributed by atoms with E-state index in [0.29, 0.717) is 5.92 Å². The molecule has 76 valence electrons. The van der Waals surface area contributed by atoms with Gasteiger partial charge in [-0.1, -0.05) is 24.8 Å². The molecule has 0 aliphatic heterocycles. The van der Waals surface area contributed by atoms with Gasteiger partial charge in [0.1, 0.15) is 0 Å². The molecule has 14 heavy (non-hydrogen) atoms. The molecule has 0 amide bonds. The van der Waals surface area contributed by atoms with Crippen LogP contribution in [0.2, 0.25) is 0 Å². The summed E-state index contributed by atoms with van der Waals surface area (Å²) in [5.74, 6) is 1.55. The maximum absolute atomic E-state index is 3.67. The van der Waals surface area contributed by atoms with E-state index in [-0.39, 0.29) is 0 Å². The number of hydrogen-bond donors (Lipinski definition) is 0. The molecule has 2 atom stereocenters. The topological polar surface area (TPSA) is 0 Å². The van der Waals surface area contributed by atoms with E-state index < -0.39 is 0 Å². The van der Waals surface area contributed by atoms with Crippen molar-refractivity contribution in [2.75, 3.05) is 0 Å². The first-order chi connectivity index (χ1) is 6.81. The van der Waals surface area contributed by atoms with Gasteiger partial charge >= 0.3 is 0 Å². The van der Waals surface area contributed by atoms with E-state index in [1.165, 1.54) is 18.4 Å². The lowest BCUT2D eigenvalue weighted by molar-refractivity contribution is 0.693. The molecule has 0 nitrogen and oxygen atoms in total. The van der Waals surface area contributed by atoms with Gasteiger partial charge in [0.2, 0.25) is 0 Å². The monoisotopic (exact) mass is 188 g/mol. The molecular weight excluding hydrogens is 168 g/mol. The summed E-state index contributed by atoms with van der Waals surface area (Å²) in [6.07, 6.45) is 8.93. The largest absolute Gasteiger partial charge is 0.129 e. The molecular formula is C14H20. The summed E-state index contributed by atoms with van der Waals surface area (Å²) in [6.45, 7) is 14.9. The molecule has 0 saturated heterocycles. The molecule has 1 saturated carbocycles. The maximum Gasteiger partial charge on any atom is 0.00585 e. The fourth-order valence-corrected chi connectivity index (χ4v) is 1.82. The van der Waals surface area contributed by atoms with Gasteiger partial charge in [0.25, 0.3) is 0 Å². The molecule has 0 heteroatoms. The van der Waals surface area contributed by atoms with Crippen LogP contribution in [0.4, 0.5) is 0 Å². The highest BCUT2D eigenvalue weighted by atomic mass is 14.3. The summed E-state index contributed by atoms with van der Waals surface area (Å²) in [4.78, 5) is 0. The number of rotatable bonds is 0. The predicted molar refractivity (Wildman–Crippen MR) is 65.1 cm³/mol. The lowest BCUT2D eigenvalue weighted by Crippen LogP contribution is -1.89. The van der Waals surface area contributed by atoms with Crippen LogP contribution in [-0.4, -0.2) is 0 Å². The Bertz CT molecular complexity index is 251. The normalized spacial score (nSPS) is 25.4. The summed E-state index contributed by atoms with van der Waals surface area (Å²) < 4.78 is 0. The summed E-state index contributed by atoms with van der Waals surface area (Å²) in [5.41, 5.74) is 4.44. The molecule has 0 spiro atoms. The molecule has 2 unspecified atom stereocenters. The van der Waals surface area contributed by atoms with Crippen LogP contribution < -0.4 is 0 Å². The second-order valence-corrected chi connectivity index (χ2v) is 3.30. The first-order valence-corrected chi connectivity index (χ1v) is 4.96. The minimum Gasteiger partial charge on any atom is -0.129 e.